The highest BCUT2D eigenvalue weighted by Crippen LogP contribution is 2.31. The van der Waals surface area contributed by atoms with Crippen LogP contribution in [0.2, 0.25) is 5.02 Å². The molecule has 110 valence electrons. The highest BCUT2D eigenvalue weighted by atomic mass is 79.9. The minimum Gasteiger partial charge on any atom is -0.495 e. The maximum Gasteiger partial charge on any atom is 0.285 e. The minimum absolute atomic E-state index is 0.00969. The number of ether oxygens (including phenoxy) is 1. The molecule has 1 heterocycles. The second-order valence-corrected chi connectivity index (χ2v) is 5.95. The van der Waals surface area contributed by atoms with Gasteiger partial charge in [-0.15, -0.1) is 0 Å². The molecule has 1 aromatic heterocycles. The fourth-order valence-electron chi connectivity index (χ4n) is 1.52. The van der Waals surface area contributed by atoms with Gasteiger partial charge in [0.2, 0.25) is 0 Å². The zero-order chi connectivity index (χ0) is 15.4. The summed E-state index contributed by atoms with van der Waals surface area (Å²) in [5.74, 6) is 0.638. The number of hydrazone groups is 1. The number of H-pyrrole nitrogens is 1. The third kappa shape index (κ3) is 3.84. The van der Waals surface area contributed by atoms with Crippen molar-refractivity contribution >= 4 is 55.4 Å². The van der Waals surface area contributed by atoms with Gasteiger partial charge >= 0.3 is 0 Å². The molecule has 0 atom stereocenters. The molecule has 0 aliphatic carbocycles. The van der Waals surface area contributed by atoms with Crippen LogP contribution in [0.3, 0.4) is 0 Å². The fourth-order valence-corrected chi connectivity index (χ4v) is 3.08. The van der Waals surface area contributed by atoms with Gasteiger partial charge in [0.25, 0.3) is 5.56 Å². The van der Waals surface area contributed by atoms with E-state index in [1.165, 1.54) is 6.20 Å². The molecule has 0 bridgehead atoms. The Balaban J connectivity index is 2.26. The van der Waals surface area contributed by atoms with Crippen LogP contribution in [0.5, 0.6) is 5.75 Å². The van der Waals surface area contributed by atoms with Gasteiger partial charge in [-0.2, -0.15) is 10.2 Å². The average molecular weight is 436 g/mol. The standard InChI is InChI=1S/C12H9Br2ClN4O2/c1-21-11-6(2-7(13)3-8(11)14)4-16-18-9-5-17-19-12(20)10(9)15/h2-5H,1H3,(H2,18,19,20)/b16-4-. The monoisotopic (exact) mass is 434 g/mol. The first-order chi connectivity index (χ1) is 10.0. The quantitative estimate of drug-likeness (QED) is 0.569. The highest BCUT2D eigenvalue weighted by Gasteiger charge is 2.08. The van der Waals surface area contributed by atoms with Crippen molar-refractivity contribution < 1.29 is 4.74 Å². The second kappa shape index (κ2) is 7.06. The minimum atomic E-state index is -0.486. The third-order valence-electron chi connectivity index (χ3n) is 2.43. The number of aromatic nitrogens is 2. The number of nitrogens with zero attached hydrogens (tertiary/aromatic N) is 2. The van der Waals surface area contributed by atoms with Crippen LogP contribution < -0.4 is 15.7 Å². The number of hydrogen-bond acceptors (Lipinski definition) is 5. The van der Waals surface area contributed by atoms with Crippen LogP contribution in [0.15, 0.2) is 37.2 Å². The summed E-state index contributed by atoms with van der Waals surface area (Å²) in [6.07, 6.45) is 2.92. The van der Waals surface area contributed by atoms with Crippen LogP contribution in [0.1, 0.15) is 5.56 Å². The Bertz CT molecular complexity index is 749. The van der Waals surface area contributed by atoms with E-state index in [2.05, 4.69) is 52.6 Å². The predicted molar refractivity (Wildman–Crippen MR) is 89.5 cm³/mol. The summed E-state index contributed by atoms with van der Waals surface area (Å²) in [6, 6.07) is 3.70. The Hall–Kier alpha value is -1.38. The number of nitrogens with one attached hydrogen (secondary N) is 2. The first kappa shape index (κ1) is 16.0. The average Bonchev–Trinajstić information content (AvgIpc) is 2.43. The Labute approximate surface area is 141 Å². The van der Waals surface area contributed by atoms with Crippen molar-refractivity contribution in [2.75, 3.05) is 12.5 Å². The van der Waals surface area contributed by atoms with Crippen molar-refractivity contribution in [2.24, 2.45) is 5.10 Å². The van der Waals surface area contributed by atoms with Crippen molar-refractivity contribution in [1.82, 2.24) is 10.2 Å². The van der Waals surface area contributed by atoms with Gasteiger partial charge in [0.05, 0.1) is 24.0 Å². The van der Waals surface area contributed by atoms with Crippen LogP contribution in [0.25, 0.3) is 0 Å². The van der Waals surface area contributed by atoms with E-state index >= 15 is 0 Å². The van der Waals surface area contributed by atoms with Crippen molar-refractivity contribution in [3.05, 3.63) is 48.2 Å². The molecule has 0 aliphatic heterocycles. The lowest BCUT2D eigenvalue weighted by Gasteiger charge is -2.08. The summed E-state index contributed by atoms with van der Waals surface area (Å²) in [6.45, 7) is 0. The van der Waals surface area contributed by atoms with Crippen molar-refractivity contribution in [2.45, 2.75) is 0 Å². The van der Waals surface area contributed by atoms with E-state index in [4.69, 9.17) is 16.3 Å². The Kier molecular flexibility index (Phi) is 5.38. The summed E-state index contributed by atoms with van der Waals surface area (Å²) in [5.41, 5.74) is 3.22. The number of anilines is 1. The number of benzene rings is 1. The number of rotatable bonds is 4. The van der Waals surface area contributed by atoms with Crippen LogP contribution in [0.4, 0.5) is 5.69 Å². The van der Waals surface area contributed by atoms with E-state index < -0.39 is 5.56 Å². The molecule has 6 nitrogen and oxygen atoms in total. The summed E-state index contributed by atoms with van der Waals surface area (Å²) in [5, 5.41) is 9.88. The largest absolute Gasteiger partial charge is 0.495 e. The van der Waals surface area contributed by atoms with Gasteiger partial charge in [-0.3, -0.25) is 10.2 Å². The van der Waals surface area contributed by atoms with Gasteiger partial charge < -0.3 is 4.74 Å². The van der Waals surface area contributed by atoms with Gasteiger partial charge in [0.1, 0.15) is 16.5 Å². The Morgan fingerprint density at radius 1 is 1.48 bits per heavy atom. The van der Waals surface area contributed by atoms with E-state index in [-0.39, 0.29) is 5.02 Å². The lowest BCUT2D eigenvalue weighted by atomic mass is 10.2. The molecular weight excluding hydrogens is 427 g/mol. The van der Waals surface area contributed by atoms with Gasteiger partial charge in [0, 0.05) is 10.0 Å². The normalized spacial score (nSPS) is 10.9. The SMILES string of the molecule is COc1c(Br)cc(Br)cc1/C=N\Nc1cn[nH]c(=O)c1Cl. The molecule has 0 aliphatic rings. The van der Waals surface area contributed by atoms with Gasteiger partial charge in [-0.05, 0) is 28.1 Å². The molecule has 0 fully saturated rings. The smallest absolute Gasteiger partial charge is 0.285 e. The zero-order valence-electron chi connectivity index (χ0n) is 10.7. The van der Waals surface area contributed by atoms with E-state index in [0.717, 1.165) is 14.5 Å². The van der Waals surface area contributed by atoms with Crippen molar-refractivity contribution in [3.8, 4) is 5.75 Å². The van der Waals surface area contributed by atoms with E-state index in [9.17, 15) is 4.79 Å². The molecule has 2 aromatic rings. The third-order valence-corrected chi connectivity index (χ3v) is 3.85. The molecular formula is C12H9Br2ClN4O2. The Morgan fingerprint density at radius 3 is 2.95 bits per heavy atom. The summed E-state index contributed by atoms with van der Waals surface area (Å²) < 4.78 is 6.95. The van der Waals surface area contributed by atoms with Gasteiger partial charge in [-0.25, -0.2) is 5.10 Å². The van der Waals surface area contributed by atoms with Crippen LogP contribution in [-0.4, -0.2) is 23.5 Å². The number of hydrogen-bond donors (Lipinski definition) is 2. The highest BCUT2D eigenvalue weighted by molar-refractivity contribution is 9.11. The van der Waals surface area contributed by atoms with Gasteiger partial charge in [0.15, 0.2) is 0 Å². The predicted octanol–water partition coefficient (Wildman–Crippen LogP) is 3.40. The molecule has 21 heavy (non-hydrogen) atoms. The van der Waals surface area contributed by atoms with Crippen molar-refractivity contribution in [3.63, 3.8) is 0 Å². The van der Waals surface area contributed by atoms with E-state index in [1.54, 1.807) is 13.3 Å². The zero-order valence-corrected chi connectivity index (χ0v) is 14.6. The number of aromatic amines is 1. The maximum atomic E-state index is 11.3. The summed E-state index contributed by atoms with van der Waals surface area (Å²) in [7, 11) is 1.57. The fraction of sp³-hybridized carbons (Fsp3) is 0.0833. The summed E-state index contributed by atoms with van der Waals surface area (Å²) >= 11 is 12.6. The number of halogens is 3. The first-order valence-electron chi connectivity index (χ1n) is 5.58. The molecule has 2 rings (SSSR count). The molecule has 0 amide bonds. The van der Waals surface area contributed by atoms with Gasteiger partial charge in [-0.1, -0.05) is 27.5 Å². The molecule has 0 saturated carbocycles. The molecule has 0 spiro atoms. The van der Waals surface area contributed by atoms with Crippen LogP contribution in [0, 0.1) is 0 Å². The van der Waals surface area contributed by atoms with Crippen molar-refractivity contribution in [1.29, 1.82) is 0 Å². The maximum absolute atomic E-state index is 11.3. The summed E-state index contributed by atoms with van der Waals surface area (Å²) in [4.78, 5) is 11.3. The topological polar surface area (TPSA) is 79.4 Å². The molecule has 0 radical (unpaired) electrons. The van der Waals surface area contributed by atoms with E-state index in [0.29, 0.717) is 11.4 Å². The van der Waals surface area contributed by atoms with Crippen LogP contribution in [-0.2, 0) is 0 Å². The molecule has 0 saturated heterocycles. The number of methoxy groups -OCH3 is 1. The van der Waals surface area contributed by atoms with E-state index in [1.807, 2.05) is 12.1 Å². The second-order valence-electron chi connectivity index (χ2n) is 3.81. The first-order valence-corrected chi connectivity index (χ1v) is 7.54. The molecule has 9 heteroatoms. The molecule has 1 aromatic carbocycles. The lowest BCUT2D eigenvalue weighted by molar-refractivity contribution is 0.411. The molecule has 0 unspecified atom stereocenters. The Morgan fingerprint density at radius 2 is 2.24 bits per heavy atom. The van der Waals surface area contributed by atoms with Crippen LogP contribution >= 0.6 is 43.5 Å². The molecule has 2 N–H and O–H groups in total. The lowest BCUT2D eigenvalue weighted by Crippen LogP contribution is -2.10.